The van der Waals surface area contributed by atoms with Gasteiger partial charge in [-0.25, -0.2) is 0 Å². The van der Waals surface area contributed by atoms with Crippen molar-refractivity contribution in [3.8, 4) is 0 Å². The van der Waals surface area contributed by atoms with Crippen LogP contribution >= 0.6 is 0 Å². The minimum Gasteiger partial charge on any atom is -0.461 e. The number of carbonyl (C=O) groups excluding carboxylic acids is 1. The summed E-state index contributed by atoms with van der Waals surface area (Å²) in [6.07, 6.45) is 9.34. The molecule has 0 bridgehead atoms. The van der Waals surface area contributed by atoms with Gasteiger partial charge in [0.05, 0.1) is 5.92 Å². The molecule has 2 rings (SSSR count). The monoisotopic (exact) mass is 262 g/mol. The van der Waals surface area contributed by atoms with Gasteiger partial charge in [0.15, 0.2) is 0 Å². The van der Waals surface area contributed by atoms with Crippen molar-refractivity contribution >= 4 is 5.97 Å². The molecule has 0 N–H and O–H groups in total. The number of ether oxygens (including phenoxy) is 1. The highest BCUT2D eigenvalue weighted by Gasteiger charge is 2.58. The highest BCUT2D eigenvalue weighted by Crippen LogP contribution is 2.54. The molecular formula is C17H26O2. The summed E-state index contributed by atoms with van der Waals surface area (Å²) in [5.41, 5.74) is 0.0923. The van der Waals surface area contributed by atoms with E-state index in [-0.39, 0.29) is 23.4 Å². The number of hydrogen-bond donors (Lipinski definition) is 0. The fraction of sp³-hybridized carbons (Fsp3) is 0.706. The fourth-order valence-electron chi connectivity index (χ4n) is 3.93. The van der Waals surface area contributed by atoms with Crippen molar-refractivity contribution in [2.45, 2.75) is 52.1 Å². The lowest BCUT2D eigenvalue weighted by atomic mass is 9.81. The van der Waals surface area contributed by atoms with Gasteiger partial charge in [0.1, 0.15) is 6.10 Å². The van der Waals surface area contributed by atoms with E-state index < -0.39 is 0 Å². The Morgan fingerprint density at radius 3 is 2.74 bits per heavy atom. The van der Waals surface area contributed by atoms with Gasteiger partial charge in [0.25, 0.3) is 0 Å². The summed E-state index contributed by atoms with van der Waals surface area (Å²) >= 11 is 0. The van der Waals surface area contributed by atoms with Crippen LogP contribution in [-0.2, 0) is 9.53 Å². The van der Waals surface area contributed by atoms with E-state index in [0.717, 1.165) is 32.1 Å². The molecule has 0 spiro atoms. The van der Waals surface area contributed by atoms with Crippen molar-refractivity contribution in [2.24, 2.45) is 23.2 Å². The third kappa shape index (κ3) is 2.63. The molecule has 0 aromatic rings. The largest absolute Gasteiger partial charge is 0.461 e. The zero-order valence-electron chi connectivity index (χ0n) is 12.2. The standard InChI is InChI=1S/C17H26O2/c1-5-7-8-9-10-13-14-12(6-2)11-17(3,4)15(14)19-16(13)18/h5-6,12-15H,1-2,7-11H2,3-4H3/t12-,13+,14+,15-/m1/s1. The van der Waals surface area contributed by atoms with E-state index in [4.69, 9.17) is 4.74 Å². The lowest BCUT2D eigenvalue weighted by molar-refractivity contribution is -0.147. The van der Waals surface area contributed by atoms with Crippen LogP contribution in [0.25, 0.3) is 0 Å². The number of fused-ring (bicyclic) bond motifs is 1. The number of hydrogen-bond acceptors (Lipinski definition) is 2. The van der Waals surface area contributed by atoms with Crippen LogP contribution in [-0.4, -0.2) is 12.1 Å². The van der Waals surface area contributed by atoms with Crippen LogP contribution in [0.1, 0.15) is 46.0 Å². The average molecular weight is 262 g/mol. The van der Waals surface area contributed by atoms with Gasteiger partial charge in [0.2, 0.25) is 0 Å². The summed E-state index contributed by atoms with van der Waals surface area (Å²) < 4.78 is 5.70. The number of rotatable bonds is 6. The molecule has 1 aliphatic heterocycles. The van der Waals surface area contributed by atoms with Crippen LogP contribution in [0.4, 0.5) is 0 Å². The minimum absolute atomic E-state index is 0.0215. The summed E-state index contributed by atoms with van der Waals surface area (Å²) in [4.78, 5) is 12.1. The number of unbranched alkanes of at least 4 members (excludes halogenated alkanes) is 2. The van der Waals surface area contributed by atoms with Crippen LogP contribution in [0.15, 0.2) is 25.3 Å². The molecule has 2 fully saturated rings. The van der Waals surface area contributed by atoms with Gasteiger partial charge in [-0.15, -0.1) is 13.2 Å². The van der Waals surface area contributed by atoms with Crippen LogP contribution in [0, 0.1) is 23.2 Å². The fourth-order valence-corrected chi connectivity index (χ4v) is 3.93. The van der Waals surface area contributed by atoms with Crippen molar-refractivity contribution in [3.05, 3.63) is 25.3 Å². The van der Waals surface area contributed by atoms with E-state index >= 15 is 0 Å². The summed E-state index contributed by atoms with van der Waals surface area (Å²) in [6.45, 7) is 12.1. The van der Waals surface area contributed by atoms with Crippen LogP contribution < -0.4 is 0 Å². The molecule has 0 radical (unpaired) electrons. The smallest absolute Gasteiger partial charge is 0.309 e. The Balaban J connectivity index is 2.05. The summed E-state index contributed by atoms with van der Waals surface area (Å²) in [5.74, 6) is 0.882. The SMILES string of the molecule is C=CCCCC[C@@H]1C(=O)O[C@@H]2[C@H]1[C@H](C=C)CC2(C)C. The second kappa shape index (κ2) is 5.52. The van der Waals surface area contributed by atoms with Gasteiger partial charge in [-0.1, -0.05) is 32.4 Å². The van der Waals surface area contributed by atoms with Gasteiger partial charge < -0.3 is 4.74 Å². The van der Waals surface area contributed by atoms with Gasteiger partial charge >= 0.3 is 5.97 Å². The Morgan fingerprint density at radius 1 is 1.37 bits per heavy atom. The first-order valence-corrected chi connectivity index (χ1v) is 7.45. The zero-order valence-corrected chi connectivity index (χ0v) is 12.2. The van der Waals surface area contributed by atoms with Crippen molar-refractivity contribution in [3.63, 3.8) is 0 Å². The molecule has 0 aromatic carbocycles. The first-order chi connectivity index (χ1) is 9.01. The van der Waals surface area contributed by atoms with E-state index in [1.807, 2.05) is 12.2 Å². The average Bonchev–Trinajstić information content (AvgIpc) is 2.81. The minimum atomic E-state index is 0.0215. The first kappa shape index (κ1) is 14.4. The molecule has 0 aromatic heterocycles. The number of carbonyl (C=O) groups is 1. The Kier molecular flexibility index (Phi) is 4.17. The molecule has 1 saturated carbocycles. The Hall–Kier alpha value is -1.05. The molecule has 4 atom stereocenters. The molecule has 1 heterocycles. The van der Waals surface area contributed by atoms with Crippen molar-refractivity contribution < 1.29 is 9.53 Å². The topological polar surface area (TPSA) is 26.3 Å². The molecule has 19 heavy (non-hydrogen) atoms. The predicted octanol–water partition coefficient (Wildman–Crippen LogP) is 4.12. The van der Waals surface area contributed by atoms with Gasteiger partial charge in [-0.2, -0.15) is 0 Å². The lowest BCUT2D eigenvalue weighted by Gasteiger charge is -2.24. The molecule has 2 aliphatic rings. The van der Waals surface area contributed by atoms with Crippen LogP contribution in [0.2, 0.25) is 0 Å². The van der Waals surface area contributed by atoms with Crippen molar-refractivity contribution in [1.29, 1.82) is 0 Å². The summed E-state index contributed by atoms with van der Waals surface area (Å²) in [5, 5.41) is 0. The molecule has 0 amide bonds. The third-order valence-corrected chi connectivity index (χ3v) is 4.86. The molecule has 1 saturated heterocycles. The molecular weight excluding hydrogens is 236 g/mol. The van der Waals surface area contributed by atoms with E-state index in [2.05, 4.69) is 27.0 Å². The highest BCUT2D eigenvalue weighted by molar-refractivity contribution is 5.75. The van der Waals surface area contributed by atoms with Gasteiger partial charge in [-0.3, -0.25) is 4.79 Å². The highest BCUT2D eigenvalue weighted by atomic mass is 16.6. The second-order valence-corrected chi connectivity index (χ2v) is 6.71. The third-order valence-electron chi connectivity index (χ3n) is 4.86. The van der Waals surface area contributed by atoms with Gasteiger partial charge in [-0.05, 0) is 31.6 Å². The number of allylic oxidation sites excluding steroid dienone is 2. The van der Waals surface area contributed by atoms with E-state index in [9.17, 15) is 4.79 Å². The Labute approximate surface area is 116 Å². The Bertz CT molecular complexity index is 369. The molecule has 1 aliphatic carbocycles. The maximum absolute atomic E-state index is 12.1. The zero-order chi connectivity index (χ0) is 14.0. The maximum atomic E-state index is 12.1. The molecule has 0 unspecified atom stereocenters. The van der Waals surface area contributed by atoms with Gasteiger partial charge in [0, 0.05) is 11.3 Å². The summed E-state index contributed by atoms with van der Waals surface area (Å²) in [6, 6.07) is 0. The lowest BCUT2D eigenvalue weighted by Crippen LogP contribution is -2.27. The summed E-state index contributed by atoms with van der Waals surface area (Å²) in [7, 11) is 0. The Morgan fingerprint density at radius 2 is 2.11 bits per heavy atom. The van der Waals surface area contributed by atoms with Crippen molar-refractivity contribution in [2.75, 3.05) is 0 Å². The van der Waals surface area contributed by atoms with E-state index in [0.29, 0.717) is 11.8 Å². The molecule has 2 nitrogen and oxygen atoms in total. The van der Waals surface area contributed by atoms with E-state index in [1.165, 1.54) is 0 Å². The predicted molar refractivity (Wildman–Crippen MR) is 77.6 cm³/mol. The normalized spacial score (nSPS) is 35.8. The second-order valence-electron chi connectivity index (χ2n) is 6.71. The molecule has 106 valence electrons. The van der Waals surface area contributed by atoms with E-state index in [1.54, 1.807) is 0 Å². The van der Waals surface area contributed by atoms with Crippen LogP contribution in [0.5, 0.6) is 0 Å². The quantitative estimate of drug-likeness (QED) is 0.409. The number of esters is 1. The van der Waals surface area contributed by atoms with Crippen molar-refractivity contribution in [1.82, 2.24) is 0 Å². The molecule has 2 heteroatoms. The first-order valence-electron chi connectivity index (χ1n) is 7.45. The maximum Gasteiger partial charge on any atom is 0.309 e. The van der Waals surface area contributed by atoms with Crippen LogP contribution in [0.3, 0.4) is 0 Å².